The molecule has 0 radical (unpaired) electrons. The van der Waals surface area contributed by atoms with Crippen molar-refractivity contribution in [1.82, 2.24) is 10.3 Å². The van der Waals surface area contributed by atoms with E-state index in [1.165, 1.54) is 27.2 Å². The first kappa shape index (κ1) is 59.4. The number of nitrogens with two attached hydrogens (primary N) is 2. The molecule has 82 heavy (non-hydrogen) atoms. The van der Waals surface area contributed by atoms with Crippen molar-refractivity contribution in [3.05, 3.63) is 76.8 Å². The summed E-state index contributed by atoms with van der Waals surface area (Å²) in [6.07, 6.45) is 4.54. The van der Waals surface area contributed by atoms with Crippen molar-refractivity contribution in [2.75, 3.05) is 31.2 Å². The molecule has 2 aromatic rings. The minimum Gasteiger partial charge on any atom is -0.508 e. The Bertz CT molecular complexity index is 2880. The lowest BCUT2D eigenvalue weighted by atomic mass is 9.43. The average Bonchev–Trinajstić information content (AvgIpc) is 1.36. The average molecular weight is 1170 g/mol. The van der Waals surface area contributed by atoms with E-state index in [0.29, 0.717) is 42.3 Å². The van der Waals surface area contributed by atoms with Crippen LogP contribution in [0.4, 0.5) is 0 Å². The fourth-order valence-corrected chi connectivity index (χ4v) is 21.5. The Morgan fingerprint density at radius 1 is 0.939 bits per heavy atom. The number of Topliss-reactive ketones (excluding diaryl/α,β-unsaturated/α-hetero) is 2. The second-order valence-corrected chi connectivity index (χ2v) is 29.3. The summed E-state index contributed by atoms with van der Waals surface area (Å²) >= 11 is 0. The number of phenolic OH excluding ortho intramolecular Hbond substituents is 1. The minimum absolute atomic E-state index is 0.00614. The number of guanidine groups is 1. The molecule has 19 heteroatoms. The van der Waals surface area contributed by atoms with E-state index in [0.717, 1.165) is 30.4 Å². The predicted molar refractivity (Wildman–Crippen MR) is 312 cm³/mol. The lowest BCUT2D eigenvalue weighted by Gasteiger charge is -2.63. The van der Waals surface area contributed by atoms with Crippen LogP contribution in [0.1, 0.15) is 127 Å². The molecule has 0 spiro atoms. The third-order valence-electron chi connectivity index (χ3n) is 22.4. The summed E-state index contributed by atoms with van der Waals surface area (Å²) in [5.74, 6) is 0.818. The number of fused-ring (bicyclic) bond motifs is 10. The smallest absolute Gasteiger partial charge is 0.313 e. The maximum absolute atomic E-state index is 16.0. The van der Waals surface area contributed by atoms with Gasteiger partial charge in [-0.05, 0) is 153 Å². The maximum Gasteiger partial charge on any atom is 0.313 e. The Kier molecular flexibility index (Phi) is 16.8. The number of carbonyl (C=O) groups is 3. The summed E-state index contributed by atoms with van der Waals surface area (Å²) in [7, 11) is 3.02. The highest BCUT2D eigenvalue weighted by Gasteiger charge is 2.75. The molecule has 17 nitrogen and oxygen atoms in total. The van der Waals surface area contributed by atoms with Crippen LogP contribution in [0.15, 0.2) is 70.6 Å². The first-order chi connectivity index (χ1) is 39.1. The Hall–Kier alpha value is -4.36. The number of phenols is 1. The van der Waals surface area contributed by atoms with Gasteiger partial charge in [-0.2, -0.15) is 0 Å². The molecule has 2 saturated heterocycles. The molecule has 0 amide bonds. The predicted octanol–water partition coefficient (Wildman–Crippen LogP) is 5.17. The number of aromatic nitrogens is 1. The molecular weight excluding hydrogens is 1080 g/mol. The van der Waals surface area contributed by atoms with Gasteiger partial charge in [0, 0.05) is 90.1 Å². The van der Waals surface area contributed by atoms with E-state index in [1.807, 2.05) is 19.2 Å². The molecule has 7 aliphatic carbocycles. The van der Waals surface area contributed by atoms with Crippen molar-refractivity contribution in [2.24, 2.45) is 98.3 Å². The van der Waals surface area contributed by atoms with Gasteiger partial charge >= 0.3 is 5.97 Å². The number of carbonyl (C=O) groups excluding carboxylic acids is 3. The number of benzene rings is 1. The first-order valence-electron chi connectivity index (χ1n) is 30.0. The van der Waals surface area contributed by atoms with E-state index in [9.17, 15) is 50.4 Å². The zero-order chi connectivity index (χ0) is 58.2. The SMILES string of the molecule is C[C@H]1CCC2=CC[C@@H]3[C@H](C[C@@H]([C@H]4COC(=O)[C@@H]4c4cc[nH]c4)C#CC[C@H]4C[C@@]5(O)C6=C7NCC(=O)C[C@H](c8ccc(O)cc8)CSSC[C@@H]8[C@@H](O)[C@@H](O)C[C@@](C)([C@@H]8C7=O)[C@H]6CC[C@]5(CCN=C(N)N)[C@H]4[C@@](C)(O)[C@H](O)C[C@H]3C(O)O)[C@H]2C1. The fourth-order valence-electron chi connectivity index (χ4n) is 18.7. The number of aromatic amines is 1. The van der Waals surface area contributed by atoms with Gasteiger partial charge in [-0.15, -0.1) is 5.92 Å². The summed E-state index contributed by atoms with van der Waals surface area (Å²) in [4.78, 5) is 51.9. The van der Waals surface area contributed by atoms with Crippen LogP contribution in [0.5, 0.6) is 5.75 Å². The third kappa shape index (κ3) is 10.4. The first-order valence-corrected chi connectivity index (χ1v) is 32.5. The minimum atomic E-state index is -2.06. The van der Waals surface area contributed by atoms with Gasteiger partial charge in [0.15, 0.2) is 23.8 Å². The summed E-state index contributed by atoms with van der Waals surface area (Å²) in [6, 6.07) is 8.65. The number of esters is 1. The van der Waals surface area contributed by atoms with Crippen LogP contribution >= 0.6 is 21.6 Å². The van der Waals surface area contributed by atoms with E-state index in [2.05, 4.69) is 40.1 Å². The number of hydrogen-bond acceptors (Lipinski definition) is 16. The zero-order valence-corrected chi connectivity index (χ0v) is 49.0. The maximum atomic E-state index is 16.0. The van der Waals surface area contributed by atoms with E-state index >= 15 is 4.79 Å². The van der Waals surface area contributed by atoms with Crippen LogP contribution < -0.4 is 16.8 Å². The molecule has 2 bridgehead atoms. The number of aliphatic hydroxyl groups is 7. The number of ether oxygens (including phenoxy) is 1. The number of cyclic esters (lactones) is 1. The number of aliphatic imine (C=N–C) groups is 1. The topological polar surface area (TPSA) is 315 Å². The Morgan fingerprint density at radius 2 is 1.71 bits per heavy atom. The van der Waals surface area contributed by atoms with Crippen molar-refractivity contribution >= 4 is 45.1 Å². The van der Waals surface area contributed by atoms with Crippen LogP contribution in [0.2, 0.25) is 0 Å². The molecule has 21 atom stereocenters. The second-order valence-electron chi connectivity index (χ2n) is 26.8. The van der Waals surface area contributed by atoms with Crippen LogP contribution in [0.25, 0.3) is 0 Å². The van der Waals surface area contributed by atoms with Gasteiger partial charge in [0.1, 0.15) is 5.75 Å². The van der Waals surface area contributed by atoms with Crippen molar-refractivity contribution in [3.63, 3.8) is 0 Å². The molecular formula is C63H85N5O12S2. The van der Waals surface area contributed by atoms with Gasteiger partial charge in [0.25, 0.3) is 0 Å². The molecule has 2 aliphatic heterocycles. The van der Waals surface area contributed by atoms with E-state index < -0.39 is 94.0 Å². The van der Waals surface area contributed by atoms with Crippen molar-refractivity contribution in [3.8, 4) is 17.6 Å². The molecule has 11 rings (SSSR count). The van der Waals surface area contributed by atoms with E-state index in [1.54, 1.807) is 37.4 Å². The molecule has 1 aromatic carbocycles. The fraction of sp³-hybridized carbons (Fsp3) is 0.683. The van der Waals surface area contributed by atoms with Crippen LogP contribution in [0, 0.1) is 93.7 Å². The zero-order valence-electron chi connectivity index (χ0n) is 47.4. The van der Waals surface area contributed by atoms with Gasteiger partial charge in [-0.1, -0.05) is 65.1 Å². The standard InChI is InChI=1S/C63H85N5O12S2/c1-32-7-8-34-11-14-41-43(42(34)21-32)23-35(45-29-80-58(77)50(45)37-16-19-66-27-37)5-4-6-36-25-63(79)52-47(15-17-62(63,18-20-67-59(64)65)56(36)61(3,78)49(72)24-44(41)57(75)76)60(2)26-48(71)54(73)46-31-82-81-30-38(33-9-12-39(69)13-10-33)22-40(70)28-68-53(52)55(74)51(46)60/h9-13,16,19,27,32,35-36,38,41-51,54,56-57,66,68-69,71-73,75-76,78-79H,6-8,14-15,17-18,20-26,28-31H2,1-3H3,(H4,64,65,67)/t32-,35-,36-,38-,41+,42-,43-,44+,45+,46-,47-,48-,49+,50+,51-,54+,56+,60+,61-,62-,63+/m0/s1. The molecule has 446 valence electrons. The number of rotatable bonds is 7. The lowest BCUT2D eigenvalue weighted by Crippen LogP contribution is -2.67. The van der Waals surface area contributed by atoms with Crippen molar-refractivity contribution in [1.29, 1.82) is 0 Å². The highest BCUT2D eigenvalue weighted by atomic mass is 33.1. The third-order valence-corrected chi connectivity index (χ3v) is 24.9. The number of aliphatic hydroxyl groups excluding tert-OH is 4. The summed E-state index contributed by atoms with van der Waals surface area (Å²) in [6.45, 7) is 5.68. The molecule has 0 unspecified atom stereocenters. The van der Waals surface area contributed by atoms with Gasteiger partial charge < -0.3 is 67.4 Å². The molecule has 14 N–H and O–H groups in total. The second kappa shape index (κ2) is 23.1. The Labute approximate surface area is 488 Å². The van der Waals surface area contributed by atoms with E-state index in [4.69, 9.17) is 16.2 Å². The van der Waals surface area contributed by atoms with Crippen LogP contribution in [0.3, 0.4) is 0 Å². The summed E-state index contributed by atoms with van der Waals surface area (Å²) in [5, 5.41) is 102. The van der Waals surface area contributed by atoms with Gasteiger partial charge in [0.2, 0.25) is 0 Å². The molecule has 1 aromatic heterocycles. The molecule has 4 saturated carbocycles. The highest BCUT2D eigenvalue weighted by Crippen LogP contribution is 2.73. The number of nitrogens with zero attached hydrogens (tertiary/aromatic N) is 1. The summed E-state index contributed by atoms with van der Waals surface area (Å²) < 4.78 is 5.91. The normalized spacial score (nSPS) is 43.3. The number of ketones is 2. The quantitative estimate of drug-likeness (QED) is 0.0324. The van der Waals surface area contributed by atoms with Gasteiger partial charge in [-0.3, -0.25) is 19.4 Å². The lowest BCUT2D eigenvalue weighted by molar-refractivity contribution is -0.199. The monoisotopic (exact) mass is 1170 g/mol. The Morgan fingerprint density at radius 3 is 2.44 bits per heavy atom. The van der Waals surface area contributed by atoms with Crippen molar-refractivity contribution in [2.45, 2.75) is 152 Å². The Balaban J connectivity index is 1.08. The van der Waals surface area contributed by atoms with Gasteiger partial charge in [0.05, 0.1) is 54.3 Å². The number of aromatic hydroxyl groups is 1. The van der Waals surface area contributed by atoms with Gasteiger partial charge in [-0.25, -0.2) is 0 Å². The number of H-pyrrole nitrogens is 1. The number of nitrogens with one attached hydrogen (secondary N) is 2. The summed E-state index contributed by atoms with van der Waals surface area (Å²) in [5.41, 5.74) is 9.09. The highest BCUT2D eigenvalue weighted by molar-refractivity contribution is 8.76. The number of hydrogen-bond donors (Lipinski definition) is 12. The molecule has 6 fully saturated rings. The van der Waals surface area contributed by atoms with E-state index in [-0.39, 0.29) is 129 Å². The van der Waals surface area contributed by atoms with Crippen LogP contribution in [-0.4, -0.2) is 136 Å². The number of allylic oxidation sites excluding steroid dienone is 3. The molecule has 9 aliphatic rings. The van der Waals surface area contributed by atoms with Crippen molar-refractivity contribution < 1.29 is 60.0 Å². The largest absolute Gasteiger partial charge is 0.508 e. The molecule has 3 heterocycles. The van der Waals surface area contributed by atoms with Crippen LogP contribution in [-0.2, 0) is 19.1 Å².